The molecular weight excluding hydrogens is 278 g/mol. The average molecular weight is 288 g/mol. The summed E-state index contributed by atoms with van der Waals surface area (Å²) >= 11 is 5.98. The van der Waals surface area contributed by atoms with E-state index in [9.17, 15) is 8.42 Å². The van der Waals surface area contributed by atoms with Crippen molar-refractivity contribution in [1.82, 2.24) is 9.88 Å². The molecule has 0 atom stereocenters. The molecule has 8 heteroatoms. The average Bonchev–Trinajstić information content (AvgIpc) is 3.21. The molecule has 0 saturated heterocycles. The second kappa shape index (κ2) is 3.70. The van der Waals surface area contributed by atoms with Gasteiger partial charge in [-0.3, -0.25) is 0 Å². The Kier molecular flexibility index (Phi) is 2.46. The SMILES string of the molecule is N#CC1(NS(=O)(=O)c2onc(C3CC3)c2Cl)CC1. The monoisotopic (exact) mass is 287 g/mol. The zero-order valence-corrected chi connectivity index (χ0v) is 10.9. The molecule has 0 spiro atoms. The highest BCUT2D eigenvalue weighted by atomic mass is 35.5. The van der Waals surface area contributed by atoms with Gasteiger partial charge in [0.05, 0.1) is 6.07 Å². The molecule has 0 aliphatic heterocycles. The van der Waals surface area contributed by atoms with Crippen molar-refractivity contribution in [2.24, 2.45) is 0 Å². The fraction of sp³-hybridized carbons (Fsp3) is 0.600. The molecule has 3 rings (SSSR count). The van der Waals surface area contributed by atoms with Crippen LogP contribution >= 0.6 is 11.6 Å². The fourth-order valence-corrected chi connectivity index (χ4v) is 3.58. The number of aromatic nitrogens is 1. The van der Waals surface area contributed by atoms with Gasteiger partial charge in [0.15, 0.2) is 0 Å². The maximum Gasteiger partial charge on any atom is 0.284 e. The lowest BCUT2D eigenvalue weighted by atomic mass is 10.3. The lowest BCUT2D eigenvalue weighted by molar-refractivity contribution is 0.332. The molecular formula is C10H10ClN3O3S. The summed E-state index contributed by atoms with van der Waals surface area (Å²) < 4.78 is 31.2. The Morgan fingerprint density at radius 3 is 2.67 bits per heavy atom. The van der Waals surface area contributed by atoms with E-state index in [4.69, 9.17) is 21.4 Å². The van der Waals surface area contributed by atoms with Crippen LogP contribution in [0.3, 0.4) is 0 Å². The van der Waals surface area contributed by atoms with Crippen molar-refractivity contribution in [2.45, 2.75) is 42.2 Å². The largest absolute Gasteiger partial charge is 0.341 e. The third kappa shape index (κ3) is 1.90. The fourth-order valence-electron chi connectivity index (χ4n) is 1.72. The smallest absolute Gasteiger partial charge is 0.284 e. The van der Waals surface area contributed by atoms with Crippen LogP contribution in [0, 0.1) is 11.3 Å². The molecule has 2 aliphatic rings. The minimum Gasteiger partial charge on any atom is -0.341 e. The summed E-state index contributed by atoms with van der Waals surface area (Å²) in [6.07, 6.45) is 2.90. The predicted octanol–water partition coefficient (Wildman–Crippen LogP) is 1.54. The zero-order valence-electron chi connectivity index (χ0n) is 9.31. The van der Waals surface area contributed by atoms with Gasteiger partial charge in [0.2, 0.25) is 0 Å². The molecule has 1 aromatic heterocycles. The summed E-state index contributed by atoms with van der Waals surface area (Å²) in [6, 6.07) is 1.94. The van der Waals surface area contributed by atoms with Crippen molar-refractivity contribution in [3.63, 3.8) is 0 Å². The Balaban J connectivity index is 1.92. The molecule has 0 aromatic carbocycles. The first-order valence-electron chi connectivity index (χ1n) is 5.58. The molecule has 0 bridgehead atoms. The summed E-state index contributed by atoms with van der Waals surface area (Å²) in [7, 11) is -3.92. The van der Waals surface area contributed by atoms with E-state index < -0.39 is 15.6 Å². The summed E-state index contributed by atoms with van der Waals surface area (Å²) in [5.41, 5.74) is -0.492. The third-order valence-corrected chi connectivity index (χ3v) is 5.04. The molecule has 0 radical (unpaired) electrons. The van der Waals surface area contributed by atoms with Gasteiger partial charge in [-0.2, -0.15) is 9.98 Å². The topological polar surface area (TPSA) is 96.0 Å². The summed E-state index contributed by atoms with van der Waals surface area (Å²) in [4.78, 5) is 0. The number of hydrogen-bond donors (Lipinski definition) is 1. The van der Waals surface area contributed by atoms with Crippen molar-refractivity contribution in [2.75, 3.05) is 0 Å². The Morgan fingerprint density at radius 2 is 2.17 bits per heavy atom. The highest BCUT2D eigenvalue weighted by Crippen LogP contribution is 2.44. The van der Waals surface area contributed by atoms with E-state index in [1.54, 1.807) is 0 Å². The molecule has 2 fully saturated rings. The number of rotatable bonds is 4. The number of halogens is 1. The van der Waals surface area contributed by atoms with Gasteiger partial charge in [-0.05, 0) is 25.7 Å². The van der Waals surface area contributed by atoms with E-state index in [2.05, 4.69) is 9.88 Å². The highest BCUT2D eigenvalue weighted by molar-refractivity contribution is 7.89. The first kappa shape index (κ1) is 12.0. The molecule has 0 amide bonds. The Labute approximate surface area is 109 Å². The number of nitrogens with one attached hydrogen (secondary N) is 1. The molecule has 1 aromatic rings. The molecule has 2 saturated carbocycles. The lowest BCUT2D eigenvalue weighted by Gasteiger charge is -2.07. The lowest BCUT2D eigenvalue weighted by Crippen LogP contribution is -2.35. The van der Waals surface area contributed by atoms with Crippen LogP contribution < -0.4 is 4.72 Å². The molecule has 6 nitrogen and oxygen atoms in total. The zero-order chi connectivity index (χ0) is 13.0. The van der Waals surface area contributed by atoms with E-state index in [-0.39, 0.29) is 16.0 Å². The quantitative estimate of drug-likeness (QED) is 0.906. The van der Waals surface area contributed by atoms with Crippen LogP contribution in [0.2, 0.25) is 5.02 Å². The van der Waals surface area contributed by atoms with Crippen LogP contribution in [0.15, 0.2) is 9.62 Å². The van der Waals surface area contributed by atoms with Gasteiger partial charge >= 0.3 is 0 Å². The van der Waals surface area contributed by atoms with Gasteiger partial charge < -0.3 is 4.52 Å². The minimum atomic E-state index is -3.92. The first-order valence-corrected chi connectivity index (χ1v) is 7.44. The van der Waals surface area contributed by atoms with Crippen LogP contribution in [0.4, 0.5) is 0 Å². The predicted molar refractivity (Wildman–Crippen MR) is 61.4 cm³/mol. The van der Waals surface area contributed by atoms with Crippen molar-refractivity contribution in [3.8, 4) is 6.07 Å². The maximum absolute atomic E-state index is 12.0. The van der Waals surface area contributed by atoms with Crippen LogP contribution in [0.5, 0.6) is 0 Å². The standard InChI is InChI=1S/C10H10ClN3O3S/c11-7-8(6-1-2-6)13-17-9(7)18(15,16)14-10(5-12)3-4-10/h6,14H,1-4H2. The van der Waals surface area contributed by atoms with E-state index >= 15 is 0 Å². The Morgan fingerprint density at radius 1 is 1.50 bits per heavy atom. The van der Waals surface area contributed by atoms with Crippen molar-refractivity contribution >= 4 is 21.6 Å². The van der Waals surface area contributed by atoms with Gasteiger partial charge in [-0.15, -0.1) is 0 Å². The molecule has 18 heavy (non-hydrogen) atoms. The maximum atomic E-state index is 12.0. The Bertz CT molecular complexity index is 638. The summed E-state index contributed by atoms with van der Waals surface area (Å²) in [5.74, 6) is 0.205. The third-order valence-electron chi connectivity index (χ3n) is 3.13. The number of sulfonamides is 1. The van der Waals surface area contributed by atoms with Crippen molar-refractivity contribution in [1.29, 1.82) is 5.26 Å². The van der Waals surface area contributed by atoms with Crippen LogP contribution in [0.25, 0.3) is 0 Å². The molecule has 0 unspecified atom stereocenters. The van der Waals surface area contributed by atoms with Crippen LogP contribution in [0.1, 0.15) is 37.3 Å². The van der Waals surface area contributed by atoms with Crippen molar-refractivity contribution in [3.05, 3.63) is 10.7 Å². The minimum absolute atomic E-state index is 0.0405. The number of nitrogens with zero attached hydrogens (tertiary/aromatic N) is 2. The second-order valence-electron chi connectivity index (χ2n) is 4.74. The number of hydrogen-bond acceptors (Lipinski definition) is 5. The van der Waals surface area contributed by atoms with Crippen LogP contribution in [-0.4, -0.2) is 19.1 Å². The van der Waals surface area contributed by atoms with E-state index in [1.165, 1.54) is 0 Å². The molecule has 96 valence electrons. The Hall–Kier alpha value is -1.10. The van der Waals surface area contributed by atoms with E-state index in [0.717, 1.165) is 12.8 Å². The number of nitriles is 1. The molecule has 1 heterocycles. The first-order chi connectivity index (χ1) is 8.47. The normalized spacial score (nSPS) is 21.6. The van der Waals surface area contributed by atoms with Gasteiger partial charge in [0.25, 0.3) is 15.1 Å². The summed E-state index contributed by atoms with van der Waals surface area (Å²) in [6.45, 7) is 0. The molecule has 2 aliphatic carbocycles. The molecule has 1 N–H and O–H groups in total. The van der Waals surface area contributed by atoms with Gasteiger partial charge in [-0.1, -0.05) is 16.8 Å². The second-order valence-corrected chi connectivity index (χ2v) is 6.70. The van der Waals surface area contributed by atoms with Crippen molar-refractivity contribution < 1.29 is 12.9 Å². The van der Waals surface area contributed by atoms with E-state index in [1.807, 2.05) is 6.07 Å². The van der Waals surface area contributed by atoms with Crippen LogP contribution in [-0.2, 0) is 10.0 Å². The van der Waals surface area contributed by atoms with Gasteiger partial charge in [0.1, 0.15) is 16.3 Å². The highest BCUT2D eigenvalue weighted by Gasteiger charge is 2.48. The van der Waals surface area contributed by atoms with E-state index in [0.29, 0.717) is 18.5 Å². The summed E-state index contributed by atoms with van der Waals surface area (Å²) in [5, 5.41) is 12.3. The van der Waals surface area contributed by atoms with Gasteiger partial charge in [0, 0.05) is 5.92 Å². The van der Waals surface area contributed by atoms with Gasteiger partial charge in [-0.25, -0.2) is 8.42 Å².